The molecule has 3 aromatic rings. The van der Waals surface area contributed by atoms with Crippen LogP contribution in [0.1, 0.15) is 29.0 Å². The van der Waals surface area contributed by atoms with Crippen LogP contribution >= 0.6 is 0 Å². The minimum atomic E-state index is -1.44. The Balaban J connectivity index is 1.81. The summed E-state index contributed by atoms with van der Waals surface area (Å²) in [4.78, 5) is 0. The second kappa shape index (κ2) is 7.97. The van der Waals surface area contributed by atoms with Crippen LogP contribution in [-0.2, 0) is 11.2 Å². The Kier molecular flexibility index (Phi) is 5.22. The van der Waals surface area contributed by atoms with Crippen LogP contribution in [0.4, 0.5) is 0 Å². The lowest BCUT2D eigenvalue weighted by atomic mass is 9.71. The third-order valence-corrected chi connectivity index (χ3v) is 7.17. The topological polar surface area (TPSA) is 77.4 Å². The van der Waals surface area contributed by atoms with E-state index in [9.17, 15) is 10.2 Å². The molecule has 0 aromatic heterocycles. The highest BCUT2D eigenvalue weighted by atomic mass is 16.5. The number of benzene rings is 3. The molecular weight excluding hydrogens is 420 g/mol. The molecule has 0 spiro atoms. The summed E-state index contributed by atoms with van der Waals surface area (Å²) in [7, 11) is 4.77. The van der Waals surface area contributed by atoms with Crippen LogP contribution in [0.2, 0.25) is 0 Å². The molecule has 0 amide bonds. The van der Waals surface area contributed by atoms with E-state index in [1.54, 1.807) is 33.5 Å². The second-order valence-electron chi connectivity index (χ2n) is 8.66. The van der Waals surface area contributed by atoms with Gasteiger partial charge in [-0.1, -0.05) is 42.5 Å². The van der Waals surface area contributed by atoms with Crippen LogP contribution in [-0.4, -0.2) is 38.1 Å². The fraction of sp³-hybridized carbons (Fsp3) is 0.333. The molecule has 0 bridgehead atoms. The Hall–Kier alpha value is -3.22. The molecule has 3 aromatic carbocycles. The summed E-state index contributed by atoms with van der Waals surface area (Å²) >= 11 is 0. The van der Waals surface area contributed by atoms with E-state index in [-0.39, 0.29) is 18.4 Å². The van der Waals surface area contributed by atoms with Crippen LogP contribution in [0.5, 0.6) is 23.0 Å². The molecule has 6 heteroatoms. The largest absolute Gasteiger partial charge is 0.497 e. The van der Waals surface area contributed by atoms with E-state index in [1.807, 2.05) is 54.6 Å². The zero-order chi connectivity index (χ0) is 23.2. The van der Waals surface area contributed by atoms with Crippen molar-refractivity contribution in [2.24, 2.45) is 5.92 Å². The molecule has 1 aliphatic heterocycles. The van der Waals surface area contributed by atoms with Gasteiger partial charge in [-0.2, -0.15) is 0 Å². The van der Waals surface area contributed by atoms with Crippen molar-refractivity contribution in [1.82, 2.24) is 0 Å². The minimum absolute atomic E-state index is 0.0864. The van der Waals surface area contributed by atoms with Crippen LogP contribution in [0.3, 0.4) is 0 Å². The van der Waals surface area contributed by atoms with Crippen molar-refractivity contribution in [2.45, 2.75) is 23.5 Å². The molecule has 172 valence electrons. The predicted molar refractivity (Wildman–Crippen MR) is 123 cm³/mol. The third-order valence-electron chi connectivity index (χ3n) is 7.17. The van der Waals surface area contributed by atoms with Gasteiger partial charge in [0.1, 0.15) is 28.6 Å². The normalized spacial score (nSPS) is 27.4. The van der Waals surface area contributed by atoms with Gasteiger partial charge in [-0.05, 0) is 35.6 Å². The number of hydrogen-bond acceptors (Lipinski definition) is 6. The highest BCUT2D eigenvalue weighted by molar-refractivity contribution is 5.62. The van der Waals surface area contributed by atoms with Gasteiger partial charge in [0.15, 0.2) is 5.60 Å². The van der Waals surface area contributed by atoms with E-state index in [1.165, 1.54) is 0 Å². The van der Waals surface area contributed by atoms with Gasteiger partial charge in [0.25, 0.3) is 0 Å². The quantitative estimate of drug-likeness (QED) is 0.594. The summed E-state index contributed by atoms with van der Waals surface area (Å²) in [6.45, 7) is -0.0864. The average molecular weight is 449 g/mol. The molecule has 6 nitrogen and oxygen atoms in total. The van der Waals surface area contributed by atoms with Gasteiger partial charge in [-0.3, -0.25) is 0 Å². The monoisotopic (exact) mass is 448 g/mol. The minimum Gasteiger partial charge on any atom is -0.497 e. The Morgan fingerprint density at radius 3 is 2.21 bits per heavy atom. The molecule has 1 saturated carbocycles. The van der Waals surface area contributed by atoms with Crippen molar-refractivity contribution in [2.75, 3.05) is 27.9 Å². The number of aliphatic hydroxyl groups excluding tert-OH is 1. The average Bonchev–Trinajstić information content (AvgIpc) is 3.27. The Labute approximate surface area is 193 Å². The summed E-state index contributed by atoms with van der Waals surface area (Å²) in [5.74, 6) is 1.74. The van der Waals surface area contributed by atoms with Gasteiger partial charge in [0, 0.05) is 24.7 Å². The van der Waals surface area contributed by atoms with E-state index in [0.717, 1.165) is 11.1 Å². The Bertz CT molecular complexity index is 1150. The van der Waals surface area contributed by atoms with E-state index >= 15 is 0 Å². The second-order valence-corrected chi connectivity index (χ2v) is 8.66. The fourth-order valence-electron chi connectivity index (χ4n) is 5.83. The first kappa shape index (κ1) is 21.6. The van der Waals surface area contributed by atoms with Crippen LogP contribution in [0.25, 0.3) is 0 Å². The summed E-state index contributed by atoms with van der Waals surface area (Å²) in [6.07, 6.45) is 0.310. The lowest BCUT2D eigenvalue weighted by molar-refractivity contribution is -0.106. The predicted octanol–water partition coefficient (Wildman–Crippen LogP) is 3.98. The molecule has 1 fully saturated rings. The van der Waals surface area contributed by atoms with Crippen molar-refractivity contribution in [3.8, 4) is 23.0 Å². The van der Waals surface area contributed by atoms with E-state index in [0.29, 0.717) is 35.0 Å². The number of ether oxygens (including phenoxy) is 4. The van der Waals surface area contributed by atoms with Gasteiger partial charge in [-0.25, -0.2) is 0 Å². The van der Waals surface area contributed by atoms with Gasteiger partial charge < -0.3 is 29.2 Å². The fourth-order valence-corrected chi connectivity index (χ4v) is 5.83. The first-order chi connectivity index (χ1) is 16.0. The van der Waals surface area contributed by atoms with Crippen molar-refractivity contribution < 1.29 is 29.2 Å². The van der Waals surface area contributed by atoms with Crippen LogP contribution in [0.15, 0.2) is 66.7 Å². The van der Waals surface area contributed by atoms with Crippen molar-refractivity contribution in [3.05, 3.63) is 83.4 Å². The zero-order valence-electron chi connectivity index (χ0n) is 18.9. The Morgan fingerprint density at radius 2 is 1.61 bits per heavy atom. The van der Waals surface area contributed by atoms with Gasteiger partial charge >= 0.3 is 0 Å². The molecule has 33 heavy (non-hydrogen) atoms. The first-order valence-corrected chi connectivity index (χ1v) is 11.0. The molecule has 2 aliphatic rings. The van der Waals surface area contributed by atoms with Gasteiger partial charge in [-0.15, -0.1) is 0 Å². The molecule has 1 aliphatic carbocycles. The number of hydrogen-bond donors (Lipinski definition) is 2. The first-order valence-electron chi connectivity index (χ1n) is 11.0. The Morgan fingerprint density at radius 1 is 0.909 bits per heavy atom. The molecular formula is C27H28O6. The van der Waals surface area contributed by atoms with Crippen molar-refractivity contribution in [3.63, 3.8) is 0 Å². The van der Waals surface area contributed by atoms with Gasteiger partial charge in [0.05, 0.1) is 26.9 Å². The maximum Gasteiger partial charge on any atom is 0.174 e. The highest BCUT2D eigenvalue weighted by Crippen LogP contribution is 2.70. The van der Waals surface area contributed by atoms with Crippen LogP contribution < -0.4 is 18.9 Å². The molecule has 4 atom stereocenters. The molecule has 0 saturated heterocycles. The zero-order valence-corrected chi connectivity index (χ0v) is 18.9. The standard InChI is InChI=1S/C27H28O6/c1-30-20-11-9-19(10-12-20)27-24(17-7-5-4-6-8-17)18(16-28)15-26(27,29)25-22(32-3)13-21(31-2)14-23(25)33-27/h4-14,18,24,28-29H,15-16H2,1-3H3/t18-,24?,26?,27?/m1/s1. The highest BCUT2D eigenvalue weighted by Gasteiger charge is 2.72. The maximum absolute atomic E-state index is 12.5. The number of aliphatic hydroxyl groups is 2. The summed E-state index contributed by atoms with van der Waals surface area (Å²) in [5, 5.41) is 23.0. The van der Waals surface area contributed by atoms with Crippen molar-refractivity contribution >= 4 is 0 Å². The number of rotatable bonds is 6. The molecule has 5 rings (SSSR count). The number of fused-ring (bicyclic) bond motifs is 3. The van der Waals surface area contributed by atoms with E-state index < -0.39 is 11.2 Å². The van der Waals surface area contributed by atoms with E-state index in [2.05, 4.69) is 0 Å². The summed E-state index contributed by atoms with van der Waals surface area (Å²) in [6, 6.07) is 21.1. The van der Waals surface area contributed by atoms with Gasteiger partial charge in [0.2, 0.25) is 0 Å². The SMILES string of the molecule is COc1ccc(C23Oc4cc(OC)cc(OC)c4C2(O)C[C@H](CO)C3c2ccccc2)cc1. The molecule has 1 heterocycles. The molecule has 0 radical (unpaired) electrons. The number of methoxy groups -OCH3 is 3. The third kappa shape index (κ3) is 2.94. The summed E-state index contributed by atoms with van der Waals surface area (Å²) < 4.78 is 23.3. The summed E-state index contributed by atoms with van der Waals surface area (Å²) in [5.41, 5.74) is -0.258. The van der Waals surface area contributed by atoms with E-state index in [4.69, 9.17) is 18.9 Å². The van der Waals surface area contributed by atoms with Crippen LogP contribution in [0, 0.1) is 5.92 Å². The molecule has 2 N–H and O–H groups in total. The molecule has 3 unspecified atom stereocenters. The lowest BCUT2D eigenvalue weighted by Crippen LogP contribution is -2.48. The lowest BCUT2D eigenvalue weighted by Gasteiger charge is -2.41. The van der Waals surface area contributed by atoms with Crippen molar-refractivity contribution in [1.29, 1.82) is 0 Å². The smallest absolute Gasteiger partial charge is 0.174 e. The maximum atomic E-state index is 12.5.